The molecule has 0 saturated carbocycles. The summed E-state index contributed by atoms with van der Waals surface area (Å²) in [6, 6.07) is -3.60. The number of carbonyl (C=O) groups excluding carboxylic acids is 3. The highest BCUT2D eigenvalue weighted by atomic mass is 32.2. The van der Waals surface area contributed by atoms with Gasteiger partial charge in [0.05, 0.1) is 6.04 Å². The van der Waals surface area contributed by atoms with Gasteiger partial charge < -0.3 is 43.6 Å². The first-order chi connectivity index (χ1) is 17.1. The highest BCUT2D eigenvalue weighted by molar-refractivity contribution is 7.98. The molecular formula is C22H42N8O5S. The van der Waals surface area contributed by atoms with Crippen molar-refractivity contribution >= 4 is 41.4 Å². The molecular weight excluding hydrogens is 488 g/mol. The fraction of sp³-hybridized carbons (Fsp3) is 0.773. The van der Waals surface area contributed by atoms with Crippen molar-refractivity contribution < 1.29 is 24.3 Å². The van der Waals surface area contributed by atoms with Crippen LogP contribution in [0.2, 0.25) is 0 Å². The number of aliphatic imine (C=N–C) groups is 1. The maximum atomic E-state index is 13.2. The molecule has 0 aromatic heterocycles. The molecule has 1 rings (SSSR count). The Morgan fingerprint density at radius 3 is 2.36 bits per heavy atom. The fourth-order valence-electron chi connectivity index (χ4n) is 3.94. The van der Waals surface area contributed by atoms with E-state index in [0.29, 0.717) is 57.4 Å². The van der Waals surface area contributed by atoms with Gasteiger partial charge in [-0.05, 0) is 63.5 Å². The van der Waals surface area contributed by atoms with Crippen LogP contribution in [0.4, 0.5) is 0 Å². The summed E-state index contributed by atoms with van der Waals surface area (Å²) in [5, 5.41) is 14.9. The molecule has 1 fully saturated rings. The quantitative estimate of drug-likeness (QED) is 0.0639. The van der Waals surface area contributed by atoms with E-state index in [-0.39, 0.29) is 18.9 Å². The Hall–Kier alpha value is -2.58. The molecule has 36 heavy (non-hydrogen) atoms. The standard InChI is InChI=1S/C22H42N8O5S/c1-36-13-9-16(20(33)30-12-5-8-17(30)21(34)35)29-19(32)15(7-4-11-27-22(25)26)28-18(31)14(24)6-2-3-10-23/h14-17H,2-13,23-24H2,1H3,(H,28,31)(H,29,32)(H,34,35)(H4,25,26,27). The Bertz CT molecular complexity index is 765. The largest absolute Gasteiger partial charge is 0.480 e. The van der Waals surface area contributed by atoms with Crippen molar-refractivity contribution in [2.45, 2.75) is 75.5 Å². The molecule has 0 aromatic carbocycles. The number of nitrogens with zero attached hydrogens (tertiary/aromatic N) is 2. The highest BCUT2D eigenvalue weighted by Gasteiger charge is 2.38. The molecule has 0 bridgehead atoms. The number of hydrogen-bond acceptors (Lipinski definition) is 8. The van der Waals surface area contributed by atoms with Gasteiger partial charge in [-0.3, -0.25) is 19.4 Å². The number of thioether (sulfide) groups is 1. The molecule has 1 heterocycles. The molecule has 0 spiro atoms. The van der Waals surface area contributed by atoms with E-state index in [9.17, 15) is 24.3 Å². The van der Waals surface area contributed by atoms with Crippen LogP contribution in [0.15, 0.2) is 4.99 Å². The third-order valence-corrected chi connectivity index (χ3v) is 6.57. The SMILES string of the molecule is CSCCC(NC(=O)C(CCCN=C(N)N)NC(=O)C(N)CCCCN)C(=O)N1CCCC1C(=O)O. The van der Waals surface area contributed by atoms with Gasteiger partial charge in [0, 0.05) is 13.1 Å². The van der Waals surface area contributed by atoms with Crippen molar-refractivity contribution in [1.29, 1.82) is 0 Å². The van der Waals surface area contributed by atoms with E-state index < -0.39 is 47.9 Å². The molecule has 11 N–H and O–H groups in total. The topological polar surface area (TPSA) is 232 Å². The second-order valence-electron chi connectivity index (χ2n) is 8.77. The van der Waals surface area contributed by atoms with Crippen molar-refractivity contribution in [2.24, 2.45) is 27.9 Å². The van der Waals surface area contributed by atoms with Gasteiger partial charge in [0.2, 0.25) is 17.7 Å². The lowest BCUT2D eigenvalue weighted by Crippen LogP contribution is -2.57. The highest BCUT2D eigenvalue weighted by Crippen LogP contribution is 2.20. The Balaban J connectivity index is 2.96. The second-order valence-corrected chi connectivity index (χ2v) is 9.76. The lowest BCUT2D eigenvalue weighted by atomic mass is 10.1. The predicted octanol–water partition coefficient (Wildman–Crippen LogP) is -1.71. The number of carboxylic acid groups (broad SMARTS) is 1. The van der Waals surface area contributed by atoms with Gasteiger partial charge in [0.1, 0.15) is 18.1 Å². The number of carboxylic acids is 1. The fourth-order valence-corrected chi connectivity index (χ4v) is 4.42. The molecule has 0 aliphatic carbocycles. The number of guanidine groups is 1. The Labute approximate surface area is 216 Å². The Morgan fingerprint density at radius 2 is 1.75 bits per heavy atom. The van der Waals surface area contributed by atoms with Crippen LogP contribution in [0.1, 0.15) is 51.4 Å². The molecule has 3 amide bonds. The van der Waals surface area contributed by atoms with Crippen molar-refractivity contribution in [3.63, 3.8) is 0 Å². The number of aliphatic carboxylic acids is 1. The summed E-state index contributed by atoms with van der Waals surface area (Å²) in [7, 11) is 0. The summed E-state index contributed by atoms with van der Waals surface area (Å²) in [5.74, 6) is -2.03. The lowest BCUT2D eigenvalue weighted by Gasteiger charge is -2.29. The van der Waals surface area contributed by atoms with E-state index in [2.05, 4.69) is 15.6 Å². The molecule has 1 saturated heterocycles. The molecule has 4 atom stereocenters. The third-order valence-electron chi connectivity index (χ3n) is 5.93. The average molecular weight is 531 g/mol. The van der Waals surface area contributed by atoms with Crippen LogP contribution in [0.5, 0.6) is 0 Å². The molecule has 14 heteroatoms. The van der Waals surface area contributed by atoms with Gasteiger partial charge in [-0.15, -0.1) is 0 Å². The first-order valence-corrected chi connectivity index (χ1v) is 13.7. The van der Waals surface area contributed by atoms with Crippen molar-refractivity contribution in [3.8, 4) is 0 Å². The first-order valence-electron chi connectivity index (χ1n) is 12.3. The molecule has 0 radical (unpaired) electrons. The number of unbranched alkanes of at least 4 members (excludes halogenated alkanes) is 1. The molecule has 1 aliphatic heterocycles. The maximum absolute atomic E-state index is 13.2. The van der Waals surface area contributed by atoms with Crippen LogP contribution in [0.3, 0.4) is 0 Å². The van der Waals surface area contributed by atoms with E-state index in [1.807, 2.05) is 6.26 Å². The zero-order valence-electron chi connectivity index (χ0n) is 21.0. The van der Waals surface area contributed by atoms with Gasteiger partial charge >= 0.3 is 5.97 Å². The van der Waals surface area contributed by atoms with Crippen LogP contribution in [0, 0.1) is 0 Å². The van der Waals surface area contributed by atoms with Gasteiger partial charge in [0.15, 0.2) is 5.96 Å². The normalized spacial score (nSPS) is 17.6. The van der Waals surface area contributed by atoms with Crippen molar-refractivity contribution in [2.75, 3.05) is 31.6 Å². The van der Waals surface area contributed by atoms with Gasteiger partial charge in [-0.25, -0.2) is 4.79 Å². The molecule has 0 aromatic rings. The van der Waals surface area contributed by atoms with E-state index >= 15 is 0 Å². The van der Waals surface area contributed by atoms with Crippen LogP contribution in [-0.2, 0) is 19.2 Å². The summed E-state index contributed by atoms with van der Waals surface area (Å²) in [6.45, 7) is 1.07. The number of nitrogens with one attached hydrogen (secondary N) is 2. The van der Waals surface area contributed by atoms with Crippen LogP contribution < -0.4 is 33.6 Å². The minimum absolute atomic E-state index is 0.0803. The van der Waals surface area contributed by atoms with Gasteiger partial charge in [-0.1, -0.05) is 6.42 Å². The predicted molar refractivity (Wildman–Crippen MR) is 140 cm³/mol. The number of rotatable bonds is 17. The zero-order chi connectivity index (χ0) is 27.1. The van der Waals surface area contributed by atoms with Crippen molar-refractivity contribution in [3.05, 3.63) is 0 Å². The second kappa shape index (κ2) is 17.0. The number of amides is 3. The lowest BCUT2D eigenvalue weighted by molar-refractivity contribution is -0.149. The summed E-state index contributed by atoms with van der Waals surface area (Å²) < 4.78 is 0. The van der Waals surface area contributed by atoms with E-state index in [0.717, 1.165) is 6.42 Å². The van der Waals surface area contributed by atoms with Gasteiger partial charge in [0.25, 0.3) is 0 Å². The number of likely N-dealkylation sites (tertiary alicyclic amines) is 1. The molecule has 1 aliphatic rings. The third kappa shape index (κ3) is 11.0. The van der Waals surface area contributed by atoms with Crippen molar-refractivity contribution in [1.82, 2.24) is 15.5 Å². The maximum Gasteiger partial charge on any atom is 0.326 e. The smallest absolute Gasteiger partial charge is 0.326 e. The summed E-state index contributed by atoms with van der Waals surface area (Å²) in [4.78, 5) is 55.9. The zero-order valence-corrected chi connectivity index (χ0v) is 21.8. The summed E-state index contributed by atoms with van der Waals surface area (Å²) in [5.41, 5.74) is 22.2. The molecule has 206 valence electrons. The van der Waals surface area contributed by atoms with Crippen LogP contribution in [-0.4, -0.2) is 95.5 Å². The minimum atomic E-state index is -1.07. The number of carbonyl (C=O) groups is 4. The number of nitrogens with two attached hydrogens (primary N) is 4. The van der Waals surface area contributed by atoms with E-state index in [1.54, 1.807) is 0 Å². The van der Waals surface area contributed by atoms with E-state index in [4.69, 9.17) is 22.9 Å². The van der Waals surface area contributed by atoms with E-state index in [1.165, 1.54) is 16.7 Å². The Kier molecular flexibility index (Phi) is 14.8. The van der Waals surface area contributed by atoms with Crippen LogP contribution in [0.25, 0.3) is 0 Å². The number of hydrogen-bond donors (Lipinski definition) is 7. The van der Waals surface area contributed by atoms with Crippen LogP contribution >= 0.6 is 11.8 Å². The first kappa shape index (κ1) is 31.4. The molecule has 13 nitrogen and oxygen atoms in total. The summed E-state index contributed by atoms with van der Waals surface area (Å²) >= 11 is 1.50. The monoisotopic (exact) mass is 530 g/mol. The summed E-state index contributed by atoms with van der Waals surface area (Å²) in [6.07, 6.45) is 5.59. The minimum Gasteiger partial charge on any atom is -0.480 e. The average Bonchev–Trinajstić information content (AvgIpc) is 3.33. The Morgan fingerprint density at radius 1 is 1.06 bits per heavy atom. The van der Waals surface area contributed by atoms with Gasteiger partial charge in [-0.2, -0.15) is 11.8 Å². The molecule has 4 unspecified atom stereocenters.